The van der Waals surface area contributed by atoms with Gasteiger partial charge in [-0.3, -0.25) is 4.79 Å². The number of hydrogen-bond donors (Lipinski definition) is 1. The van der Waals surface area contributed by atoms with Crippen molar-refractivity contribution in [3.05, 3.63) is 65.2 Å². The lowest BCUT2D eigenvalue weighted by Crippen LogP contribution is -2.58. The molecule has 1 saturated heterocycles. The minimum atomic E-state index is -1.12. The molecule has 3 rings (SSSR count). The van der Waals surface area contributed by atoms with Crippen LogP contribution in [0.15, 0.2) is 42.5 Å². The van der Waals surface area contributed by atoms with Crippen molar-refractivity contribution in [2.75, 3.05) is 18.4 Å². The Labute approximate surface area is 156 Å². The van der Waals surface area contributed by atoms with Gasteiger partial charge in [0.2, 0.25) is 5.91 Å². The number of anilines is 1. The van der Waals surface area contributed by atoms with Crippen LogP contribution in [0, 0.1) is 18.6 Å². The number of carbonyl (C=O) groups is 2. The van der Waals surface area contributed by atoms with E-state index in [1.54, 1.807) is 11.8 Å². The number of piperazine rings is 1. The van der Waals surface area contributed by atoms with E-state index >= 15 is 0 Å². The first-order valence-corrected chi connectivity index (χ1v) is 8.73. The summed E-state index contributed by atoms with van der Waals surface area (Å²) in [4.78, 5) is 28.2. The molecule has 0 radical (unpaired) electrons. The minimum absolute atomic E-state index is 0.183. The van der Waals surface area contributed by atoms with Crippen LogP contribution in [-0.4, -0.2) is 40.9 Å². The highest BCUT2D eigenvalue weighted by molar-refractivity contribution is 5.94. The average Bonchev–Trinajstić information content (AvgIpc) is 2.63. The molecule has 1 aliphatic rings. The van der Waals surface area contributed by atoms with Crippen molar-refractivity contribution in [2.24, 2.45) is 0 Å². The molecule has 0 spiro atoms. The fourth-order valence-corrected chi connectivity index (χ4v) is 3.18. The maximum absolute atomic E-state index is 13.8. The van der Waals surface area contributed by atoms with Crippen LogP contribution >= 0.6 is 0 Å². The maximum atomic E-state index is 13.8. The highest BCUT2D eigenvalue weighted by Gasteiger charge is 2.34. The molecular weight excluding hydrogens is 352 g/mol. The molecule has 7 heteroatoms. The Bertz CT molecular complexity index is 872. The molecule has 27 heavy (non-hydrogen) atoms. The Hall–Kier alpha value is -2.96. The number of aryl methyl sites for hydroxylation is 1. The van der Waals surface area contributed by atoms with Crippen molar-refractivity contribution in [3.8, 4) is 0 Å². The van der Waals surface area contributed by atoms with E-state index in [0.29, 0.717) is 19.6 Å². The Balaban J connectivity index is 1.67. The van der Waals surface area contributed by atoms with Crippen molar-refractivity contribution in [2.45, 2.75) is 26.4 Å². The Kier molecular flexibility index (Phi) is 5.39. The van der Waals surface area contributed by atoms with Crippen molar-refractivity contribution < 1.29 is 18.4 Å². The van der Waals surface area contributed by atoms with Gasteiger partial charge in [-0.25, -0.2) is 13.6 Å². The second-order valence-electron chi connectivity index (χ2n) is 6.65. The van der Waals surface area contributed by atoms with Crippen LogP contribution in [0.4, 0.5) is 19.3 Å². The van der Waals surface area contributed by atoms with Gasteiger partial charge in [-0.2, -0.15) is 0 Å². The summed E-state index contributed by atoms with van der Waals surface area (Å²) >= 11 is 0. The zero-order chi connectivity index (χ0) is 19.6. The second kappa shape index (κ2) is 7.73. The number of urea groups is 1. The third kappa shape index (κ3) is 4.07. The van der Waals surface area contributed by atoms with Crippen LogP contribution in [0.1, 0.15) is 18.1 Å². The van der Waals surface area contributed by atoms with Crippen molar-refractivity contribution in [1.82, 2.24) is 9.80 Å². The highest BCUT2D eigenvalue weighted by Crippen LogP contribution is 2.20. The Morgan fingerprint density at radius 3 is 2.67 bits per heavy atom. The SMILES string of the molecule is Cc1cccc(CN2CCN(C(=O)Nc3cccc(F)c3F)[C@@H](C)C2=O)c1. The molecule has 1 heterocycles. The topological polar surface area (TPSA) is 52.6 Å². The summed E-state index contributed by atoms with van der Waals surface area (Å²) in [5.74, 6) is -2.35. The van der Waals surface area contributed by atoms with Crippen molar-refractivity contribution in [3.63, 3.8) is 0 Å². The molecular formula is C20H21F2N3O2. The molecule has 0 bridgehead atoms. The maximum Gasteiger partial charge on any atom is 0.322 e. The lowest BCUT2D eigenvalue weighted by Gasteiger charge is -2.39. The van der Waals surface area contributed by atoms with E-state index < -0.39 is 23.7 Å². The predicted octanol–water partition coefficient (Wildman–Crippen LogP) is 3.54. The second-order valence-corrected chi connectivity index (χ2v) is 6.65. The van der Waals surface area contributed by atoms with Crippen LogP contribution < -0.4 is 5.32 Å². The standard InChI is InChI=1S/C20H21F2N3O2/c1-13-5-3-6-15(11-13)12-24-9-10-25(14(2)19(24)26)20(27)23-17-8-4-7-16(21)18(17)22/h3-8,11,14H,9-10,12H2,1-2H3,(H,23,27)/t14-/m0/s1. The summed E-state index contributed by atoms with van der Waals surface area (Å²) in [6, 6.07) is 10.1. The van der Waals surface area contributed by atoms with Gasteiger partial charge < -0.3 is 15.1 Å². The summed E-state index contributed by atoms with van der Waals surface area (Å²) in [5, 5.41) is 2.34. The largest absolute Gasteiger partial charge is 0.335 e. The molecule has 1 fully saturated rings. The Morgan fingerprint density at radius 2 is 1.93 bits per heavy atom. The molecule has 1 aliphatic heterocycles. The molecule has 0 aliphatic carbocycles. The van der Waals surface area contributed by atoms with Gasteiger partial charge in [0, 0.05) is 19.6 Å². The van der Waals surface area contributed by atoms with Crippen LogP contribution in [0.5, 0.6) is 0 Å². The normalized spacial score (nSPS) is 17.2. The molecule has 3 amide bonds. The number of rotatable bonds is 3. The van der Waals surface area contributed by atoms with E-state index in [1.165, 1.54) is 17.0 Å². The summed E-state index contributed by atoms with van der Waals surface area (Å²) in [7, 11) is 0. The van der Waals surface area contributed by atoms with Crippen molar-refractivity contribution >= 4 is 17.6 Å². The van der Waals surface area contributed by atoms with E-state index in [-0.39, 0.29) is 11.6 Å². The first-order chi connectivity index (χ1) is 12.9. The molecule has 5 nitrogen and oxygen atoms in total. The van der Waals surface area contributed by atoms with Gasteiger partial charge in [-0.1, -0.05) is 35.9 Å². The first-order valence-electron chi connectivity index (χ1n) is 8.73. The smallest absolute Gasteiger partial charge is 0.322 e. The summed E-state index contributed by atoms with van der Waals surface area (Å²) in [6.45, 7) is 4.77. The van der Waals surface area contributed by atoms with Gasteiger partial charge in [0.25, 0.3) is 0 Å². The Morgan fingerprint density at radius 1 is 1.19 bits per heavy atom. The van der Waals surface area contributed by atoms with E-state index in [2.05, 4.69) is 5.32 Å². The number of nitrogens with one attached hydrogen (secondary N) is 1. The quantitative estimate of drug-likeness (QED) is 0.895. The number of hydrogen-bond acceptors (Lipinski definition) is 2. The lowest BCUT2D eigenvalue weighted by molar-refractivity contribution is -0.139. The van der Waals surface area contributed by atoms with Crippen molar-refractivity contribution in [1.29, 1.82) is 0 Å². The monoisotopic (exact) mass is 373 g/mol. The van der Waals surface area contributed by atoms with Gasteiger partial charge in [0.1, 0.15) is 6.04 Å². The zero-order valence-corrected chi connectivity index (χ0v) is 15.2. The summed E-state index contributed by atoms with van der Waals surface area (Å²) in [5.41, 5.74) is 1.89. The van der Waals surface area contributed by atoms with Gasteiger partial charge in [-0.05, 0) is 31.5 Å². The zero-order valence-electron chi connectivity index (χ0n) is 15.2. The molecule has 0 saturated carbocycles. The van der Waals surface area contributed by atoms with Gasteiger partial charge in [-0.15, -0.1) is 0 Å². The number of carbonyl (C=O) groups excluding carboxylic acids is 2. The molecule has 0 aromatic heterocycles. The third-order valence-electron chi connectivity index (χ3n) is 4.66. The summed E-state index contributed by atoms with van der Waals surface area (Å²) < 4.78 is 27.1. The molecule has 1 N–H and O–H groups in total. The average molecular weight is 373 g/mol. The lowest BCUT2D eigenvalue weighted by atomic mass is 10.1. The number of amides is 3. The molecule has 2 aromatic rings. The van der Waals surface area contributed by atoms with Crippen LogP contribution in [0.25, 0.3) is 0 Å². The predicted molar refractivity (Wildman–Crippen MR) is 98.1 cm³/mol. The number of nitrogens with zero attached hydrogens (tertiary/aromatic N) is 2. The fourth-order valence-electron chi connectivity index (χ4n) is 3.18. The van der Waals surface area contributed by atoms with E-state index in [0.717, 1.165) is 17.2 Å². The van der Waals surface area contributed by atoms with Crippen LogP contribution in [-0.2, 0) is 11.3 Å². The van der Waals surface area contributed by atoms with E-state index in [9.17, 15) is 18.4 Å². The molecule has 0 unspecified atom stereocenters. The van der Waals surface area contributed by atoms with E-state index in [1.807, 2.05) is 31.2 Å². The van der Waals surface area contributed by atoms with Gasteiger partial charge in [0.05, 0.1) is 5.69 Å². The number of halogens is 2. The minimum Gasteiger partial charge on any atom is -0.335 e. The number of benzene rings is 2. The third-order valence-corrected chi connectivity index (χ3v) is 4.66. The first kappa shape index (κ1) is 18.8. The van der Waals surface area contributed by atoms with Crippen LogP contribution in [0.2, 0.25) is 0 Å². The fraction of sp³-hybridized carbons (Fsp3) is 0.300. The molecule has 1 atom stereocenters. The molecule has 2 aromatic carbocycles. The van der Waals surface area contributed by atoms with Gasteiger partial charge in [0.15, 0.2) is 11.6 Å². The molecule has 142 valence electrons. The van der Waals surface area contributed by atoms with Gasteiger partial charge >= 0.3 is 6.03 Å². The van der Waals surface area contributed by atoms with Crippen LogP contribution in [0.3, 0.4) is 0 Å². The summed E-state index contributed by atoms with van der Waals surface area (Å²) in [6.07, 6.45) is 0. The van der Waals surface area contributed by atoms with E-state index in [4.69, 9.17) is 0 Å². The highest BCUT2D eigenvalue weighted by atomic mass is 19.2.